The molecule has 0 saturated heterocycles. The number of benzene rings is 2. The minimum absolute atomic E-state index is 0.293. The lowest BCUT2D eigenvalue weighted by atomic mass is 9.93. The molecule has 32 heavy (non-hydrogen) atoms. The minimum Gasteiger partial charge on any atom is -0.486 e. The zero-order valence-corrected chi connectivity index (χ0v) is 18.9. The predicted octanol–water partition coefficient (Wildman–Crippen LogP) is 4.33. The van der Waals surface area contributed by atoms with E-state index in [1.54, 1.807) is 23.1 Å². The number of thiazole rings is 1. The van der Waals surface area contributed by atoms with Gasteiger partial charge in [-0.1, -0.05) is 78.5 Å². The number of thioether (sulfide) groups is 1. The lowest BCUT2D eigenvalue weighted by molar-refractivity contribution is -0.140. The second-order valence-electron chi connectivity index (χ2n) is 7.61. The summed E-state index contributed by atoms with van der Waals surface area (Å²) in [6, 6.07) is 21.2. The number of ether oxygens (including phenoxy) is 1. The van der Waals surface area contributed by atoms with Gasteiger partial charge in [0.15, 0.2) is 10.9 Å². The number of carboxylic acids is 1. The van der Waals surface area contributed by atoms with Crippen LogP contribution >= 0.6 is 23.1 Å². The first-order valence-electron chi connectivity index (χ1n) is 10.4. The molecule has 2 aliphatic rings. The topological polar surface area (TPSA) is 59.4 Å². The van der Waals surface area contributed by atoms with Crippen LogP contribution < -0.4 is 9.88 Å². The second-order valence-corrected chi connectivity index (χ2v) is 9.91. The van der Waals surface area contributed by atoms with Crippen molar-refractivity contribution in [2.24, 2.45) is 0 Å². The Morgan fingerprint density at radius 3 is 2.41 bits per heavy atom. The highest BCUT2D eigenvalue weighted by Crippen LogP contribution is 2.33. The Kier molecular flexibility index (Phi) is 5.97. The molecule has 0 bridgehead atoms. The zero-order valence-electron chi connectivity index (χ0n) is 17.2. The molecule has 5 rings (SSSR count). The Morgan fingerprint density at radius 2 is 1.75 bits per heavy atom. The first kappa shape index (κ1) is 20.8. The molecule has 0 spiro atoms. The van der Waals surface area contributed by atoms with E-state index >= 15 is 0 Å². The highest BCUT2D eigenvalue weighted by atomic mass is 32.2. The fourth-order valence-electron chi connectivity index (χ4n) is 3.97. The van der Waals surface area contributed by atoms with Crippen LogP contribution in [0.5, 0.6) is 0 Å². The molecule has 2 aromatic carbocycles. The van der Waals surface area contributed by atoms with Crippen molar-refractivity contribution >= 4 is 40.7 Å². The summed E-state index contributed by atoms with van der Waals surface area (Å²) in [5.41, 5.74) is 4.87. The molecule has 0 amide bonds. The summed E-state index contributed by atoms with van der Waals surface area (Å²) in [6.45, 7) is -0.322. The van der Waals surface area contributed by atoms with Crippen LogP contribution in [0.15, 0.2) is 88.5 Å². The third-order valence-corrected chi connectivity index (χ3v) is 7.75. The Bertz CT molecular complexity index is 1280. The molecule has 0 saturated carbocycles. The zero-order chi connectivity index (χ0) is 21.9. The molecule has 1 aromatic heterocycles. The van der Waals surface area contributed by atoms with Crippen molar-refractivity contribution in [3.8, 4) is 0 Å². The highest BCUT2D eigenvalue weighted by Gasteiger charge is 2.21. The van der Waals surface area contributed by atoms with Crippen LogP contribution in [-0.4, -0.2) is 28.4 Å². The molecule has 2 aliphatic carbocycles. The van der Waals surface area contributed by atoms with Gasteiger partial charge in [-0.15, -0.1) is 11.3 Å². The summed E-state index contributed by atoms with van der Waals surface area (Å²) in [4.78, 5) is 15.7. The molecule has 6 heteroatoms. The SMILES string of the molecule is O=C(O)COC1=CC=C2C=c3sc(SCC(c4ccccc4)c4ccccc4)nc3=C2C1. The molecule has 0 unspecified atom stereocenters. The van der Waals surface area contributed by atoms with Crippen molar-refractivity contribution in [1.29, 1.82) is 0 Å². The highest BCUT2D eigenvalue weighted by molar-refractivity contribution is 8.01. The molecule has 160 valence electrons. The van der Waals surface area contributed by atoms with E-state index in [1.807, 2.05) is 12.2 Å². The lowest BCUT2D eigenvalue weighted by Crippen LogP contribution is -2.20. The minimum atomic E-state index is -0.969. The van der Waals surface area contributed by atoms with Crippen molar-refractivity contribution in [1.82, 2.24) is 4.98 Å². The van der Waals surface area contributed by atoms with Gasteiger partial charge in [-0.25, -0.2) is 9.78 Å². The molecule has 0 radical (unpaired) electrons. The van der Waals surface area contributed by atoms with Gasteiger partial charge in [-0.05, 0) is 34.4 Å². The number of aromatic nitrogens is 1. The molecular formula is C26H21NO3S2. The maximum absolute atomic E-state index is 10.8. The number of fused-ring (bicyclic) bond motifs is 2. The summed E-state index contributed by atoms with van der Waals surface area (Å²) >= 11 is 3.50. The molecule has 1 N–H and O–H groups in total. The first-order valence-corrected chi connectivity index (χ1v) is 12.2. The Hall–Kier alpha value is -3.09. The smallest absolute Gasteiger partial charge is 0.341 e. The Balaban J connectivity index is 1.36. The number of aliphatic carboxylic acids is 1. The second kappa shape index (κ2) is 9.18. The number of carboxylic acid groups (broad SMARTS) is 1. The fourth-order valence-corrected chi connectivity index (χ4v) is 6.30. The standard InChI is InChI=1S/C26H21NO3S2/c28-24(29)15-30-20-12-11-19-13-23-25(21(19)14-20)27-26(32-23)31-16-22(17-7-3-1-4-8-17)18-9-5-2-6-10-18/h1-13,22H,14-16H2,(H,28,29). The van der Waals surface area contributed by atoms with E-state index in [0.717, 1.165) is 31.1 Å². The number of carbonyl (C=O) groups is 1. The van der Waals surface area contributed by atoms with E-state index in [9.17, 15) is 4.79 Å². The van der Waals surface area contributed by atoms with E-state index < -0.39 is 5.97 Å². The molecule has 3 aromatic rings. The maximum atomic E-state index is 10.8. The van der Waals surface area contributed by atoms with E-state index in [2.05, 4.69) is 66.7 Å². The van der Waals surface area contributed by atoms with Gasteiger partial charge in [0.2, 0.25) is 0 Å². The van der Waals surface area contributed by atoms with Gasteiger partial charge in [0, 0.05) is 18.1 Å². The van der Waals surface area contributed by atoms with Crippen LogP contribution in [0.25, 0.3) is 11.6 Å². The van der Waals surface area contributed by atoms with Crippen LogP contribution in [0, 0.1) is 0 Å². The molecular weight excluding hydrogens is 438 g/mol. The Labute approximate surface area is 194 Å². The number of nitrogens with zero attached hydrogens (tertiary/aromatic N) is 1. The maximum Gasteiger partial charge on any atom is 0.341 e. The van der Waals surface area contributed by atoms with Crippen molar-refractivity contribution < 1.29 is 14.6 Å². The quantitative estimate of drug-likeness (QED) is 0.508. The van der Waals surface area contributed by atoms with E-state index in [0.29, 0.717) is 18.1 Å². The van der Waals surface area contributed by atoms with Gasteiger partial charge in [-0.2, -0.15) is 0 Å². The average Bonchev–Trinajstić information content (AvgIpc) is 3.37. The molecule has 0 atom stereocenters. The van der Waals surface area contributed by atoms with Crippen molar-refractivity contribution in [2.45, 2.75) is 16.7 Å². The van der Waals surface area contributed by atoms with Crippen LogP contribution in [0.4, 0.5) is 0 Å². The van der Waals surface area contributed by atoms with Crippen molar-refractivity contribution in [2.75, 3.05) is 12.4 Å². The van der Waals surface area contributed by atoms with Gasteiger partial charge in [-0.3, -0.25) is 0 Å². The average molecular weight is 460 g/mol. The number of allylic oxidation sites excluding steroid dienone is 4. The largest absolute Gasteiger partial charge is 0.486 e. The summed E-state index contributed by atoms with van der Waals surface area (Å²) in [7, 11) is 0. The van der Waals surface area contributed by atoms with Crippen molar-refractivity contribution in [3.63, 3.8) is 0 Å². The summed E-state index contributed by atoms with van der Waals surface area (Å²) < 4.78 is 7.62. The number of hydrogen-bond donors (Lipinski definition) is 1. The van der Waals surface area contributed by atoms with Gasteiger partial charge in [0.1, 0.15) is 5.76 Å². The molecule has 1 heterocycles. The summed E-state index contributed by atoms with van der Waals surface area (Å²) in [6.07, 6.45) is 6.59. The van der Waals surface area contributed by atoms with Crippen LogP contribution in [0.3, 0.4) is 0 Å². The van der Waals surface area contributed by atoms with Crippen LogP contribution in [0.1, 0.15) is 23.5 Å². The number of hydrogen-bond acceptors (Lipinski definition) is 5. The van der Waals surface area contributed by atoms with Gasteiger partial charge in [0.05, 0.1) is 9.88 Å². The van der Waals surface area contributed by atoms with Gasteiger partial charge >= 0.3 is 5.97 Å². The van der Waals surface area contributed by atoms with Crippen LogP contribution in [0.2, 0.25) is 0 Å². The van der Waals surface area contributed by atoms with E-state index in [1.165, 1.54) is 11.1 Å². The lowest BCUT2D eigenvalue weighted by Gasteiger charge is -2.17. The summed E-state index contributed by atoms with van der Waals surface area (Å²) in [5, 5.41) is 9.87. The third kappa shape index (κ3) is 4.42. The van der Waals surface area contributed by atoms with E-state index in [-0.39, 0.29) is 6.61 Å². The third-order valence-electron chi connectivity index (χ3n) is 5.51. The van der Waals surface area contributed by atoms with E-state index in [4.69, 9.17) is 14.8 Å². The molecule has 4 nitrogen and oxygen atoms in total. The predicted molar refractivity (Wildman–Crippen MR) is 129 cm³/mol. The van der Waals surface area contributed by atoms with Gasteiger partial charge < -0.3 is 9.84 Å². The first-order chi connectivity index (χ1) is 15.7. The normalized spacial score (nSPS) is 14.3. The Morgan fingerprint density at radius 1 is 1.06 bits per heavy atom. The fraction of sp³-hybridized carbons (Fsp3) is 0.154. The molecule has 0 fully saturated rings. The van der Waals surface area contributed by atoms with Crippen LogP contribution in [-0.2, 0) is 9.53 Å². The summed E-state index contributed by atoms with van der Waals surface area (Å²) in [5.74, 6) is 0.901. The van der Waals surface area contributed by atoms with Crippen molar-refractivity contribution in [3.05, 3.63) is 105 Å². The van der Waals surface area contributed by atoms with Gasteiger partial charge in [0.25, 0.3) is 0 Å². The molecule has 0 aliphatic heterocycles. The monoisotopic (exact) mass is 459 g/mol. The number of rotatable bonds is 8.